The van der Waals surface area contributed by atoms with Gasteiger partial charge in [-0.15, -0.1) is 0 Å². The van der Waals surface area contributed by atoms with E-state index in [-0.39, 0.29) is 5.41 Å². The third-order valence-corrected chi connectivity index (χ3v) is 15.1. The Morgan fingerprint density at radius 1 is 0.313 bits per heavy atom. The van der Waals surface area contributed by atoms with Gasteiger partial charge in [0.1, 0.15) is 0 Å². The van der Waals surface area contributed by atoms with Gasteiger partial charge in [-0.1, -0.05) is 212 Å². The molecule has 1 aliphatic rings. The minimum absolute atomic E-state index is 0.358. The molecule has 0 saturated heterocycles. The van der Waals surface area contributed by atoms with Crippen LogP contribution in [0.3, 0.4) is 0 Å². The molecule has 1 aromatic heterocycles. The summed E-state index contributed by atoms with van der Waals surface area (Å²) in [5, 5.41) is 12.7. The molecule has 1 aliphatic carbocycles. The van der Waals surface area contributed by atoms with E-state index in [1.807, 2.05) is 0 Å². The lowest BCUT2D eigenvalue weighted by atomic mass is 9.73. The van der Waals surface area contributed by atoms with Gasteiger partial charge in [0.05, 0.1) is 11.0 Å². The van der Waals surface area contributed by atoms with E-state index in [1.54, 1.807) is 0 Å². The number of nitrogens with zero attached hydrogens (tertiary/aromatic N) is 1. The lowest BCUT2D eigenvalue weighted by Gasteiger charge is -2.29. The van der Waals surface area contributed by atoms with Crippen LogP contribution in [0.2, 0.25) is 0 Å². The molecule has 0 aliphatic heterocycles. The van der Waals surface area contributed by atoms with Crippen LogP contribution in [0.4, 0.5) is 0 Å². The molecule has 1 atom stereocenters. The first kappa shape index (κ1) is 37.8. The number of hydrogen-bond donors (Lipinski definition) is 0. The molecule has 1 heteroatoms. The molecule has 0 spiro atoms. The highest BCUT2D eigenvalue weighted by molar-refractivity contribution is 6.22. The standard InChI is InChI=1S/C66H43N/c1-66(60-38-30-46-14-4-8-20-56(46)64(60)58-36-28-48(40-61(58)66)54-22-10-16-44-12-2-6-18-52(44)54)50-32-24-42(25-33-50)43-26-34-51(35-27-43)67-62-39-31-47-15-5-9-21-57(47)65(62)59-37-29-49(41-63(59)67)55-23-11-17-45-13-3-7-19-53(45)55/h2-41H,1H3. The van der Waals surface area contributed by atoms with Crippen LogP contribution in [0.25, 0.3) is 115 Å². The van der Waals surface area contributed by atoms with Gasteiger partial charge in [-0.2, -0.15) is 0 Å². The molecule has 0 radical (unpaired) electrons. The van der Waals surface area contributed by atoms with Crippen molar-refractivity contribution in [3.05, 3.63) is 259 Å². The van der Waals surface area contributed by atoms with Gasteiger partial charge in [-0.05, 0) is 142 Å². The topological polar surface area (TPSA) is 4.93 Å². The Hall–Kier alpha value is -8.52. The number of hydrogen-bond acceptors (Lipinski definition) is 0. The molecule has 1 unspecified atom stereocenters. The fourth-order valence-electron chi connectivity index (χ4n) is 11.8. The highest BCUT2D eigenvalue weighted by Gasteiger charge is 2.42. The van der Waals surface area contributed by atoms with Gasteiger partial charge in [-0.3, -0.25) is 0 Å². The first-order valence-electron chi connectivity index (χ1n) is 23.4. The maximum absolute atomic E-state index is 2.47. The minimum atomic E-state index is -0.358. The van der Waals surface area contributed by atoms with Gasteiger partial charge in [0, 0.05) is 21.9 Å². The Balaban J connectivity index is 0.882. The van der Waals surface area contributed by atoms with Crippen molar-refractivity contribution in [2.24, 2.45) is 0 Å². The summed E-state index contributed by atoms with van der Waals surface area (Å²) in [6, 6.07) is 90.4. The summed E-state index contributed by atoms with van der Waals surface area (Å²) < 4.78 is 2.46. The van der Waals surface area contributed by atoms with Crippen molar-refractivity contribution in [3.63, 3.8) is 0 Å². The molecule has 0 fully saturated rings. The number of aromatic nitrogens is 1. The van der Waals surface area contributed by atoms with Crippen LogP contribution in [0, 0.1) is 0 Å². The Kier molecular flexibility index (Phi) is 8.18. The monoisotopic (exact) mass is 849 g/mol. The Labute approximate surface area is 389 Å². The van der Waals surface area contributed by atoms with E-state index in [2.05, 4.69) is 254 Å². The van der Waals surface area contributed by atoms with E-state index in [9.17, 15) is 0 Å². The molecule has 0 N–H and O–H groups in total. The zero-order valence-corrected chi connectivity index (χ0v) is 37.0. The zero-order chi connectivity index (χ0) is 44.2. The first-order chi connectivity index (χ1) is 33.1. The summed E-state index contributed by atoms with van der Waals surface area (Å²) in [7, 11) is 0. The molecule has 12 aromatic carbocycles. The summed E-state index contributed by atoms with van der Waals surface area (Å²) >= 11 is 0. The van der Waals surface area contributed by atoms with Crippen LogP contribution in [0.5, 0.6) is 0 Å². The maximum atomic E-state index is 2.47. The fourth-order valence-corrected chi connectivity index (χ4v) is 11.8. The second-order valence-corrected chi connectivity index (χ2v) is 18.5. The van der Waals surface area contributed by atoms with Crippen LogP contribution in [0.15, 0.2) is 243 Å². The molecule has 67 heavy (non-hydrogen) atoms. The Morgan fingerprint density at radius 2 is 0.821 bits per heavy atom. The molecule has 0 amide bonds. The molecule has 0 bridgehead atoms. The van der Waals surface area contributed by atoms with Crippen molar-refractivity contribution < 1.29 is 0 Å². The summed E-state index contributed by atoms with van der Waals surface area (Å²) in [6.07, 6.45) is 0. The second-order valence-electron chi connectivity index (χ2n) is 18.5. The zero-order valence-electron chi connectivity index (χ0n) is 37.0. The summed E-state index contributed by atoms with van der Waals surface area (Å²) in [5.74, 6) is 0. The SMILES string of the molecule is CC1(c2ccc(-c3ccc(-n4c5cc(-c6cccc7ccccc67)ccc5c5c6ccccc6ccc54)cc3)cc2)c2cc(-c3cccc4ccccc34)ccc2-c2c1ccc1ccccc21. The normalized spacial score (nSPS) is 14.4. The van der Waals surface area contributed by atoms with Gasteiger partial charge in [0.2, 0.25) is 0 Å². The smallest absolute Gasteiger partial charge is 0.0547 e. The van der Waals surface area contributed by atoms with Gasteiger partial charge < -0.3 is 4.57 Å². The van der Waals surface area contributed by atoms with Gasteiger partial charge in [-0.25, -0.2) is 0 Å². The average Bonchev–Trinajstić information content (AvgIpc) is 3.87. The quantitative estimate of drug-likeness (QED) is 0.163. The lowest BCUT2D eigenvalue weighted by Crippen LogP contribution is -2.22. The number of fused-ring (bicyclic) bond motifs is 12. The third-order valence-electron chi connectivity index (χ3n) is 15.1. The highest BCUT2D eigenvalue weighted by Crippen LogP contribution is 2.55. The van der Waals surface area contributed by atoms with E-state index in [0.29, 0.717) is 0 Å². The van der Waals surface area contributed by atoms with Crippen molar-refractivity contribution in [1.82, 2.24) is 4.57 Å². The van der Waals surface area contributed by atoms with Gasteiger partial charge in [0.15, 0.2) is 0 Å². The molecule has 1 nitrogen and oxygen atoms in total. The van der Waals surface area contributed by atoms with Gasteiger partial charge >= 0.3 is 0 Å². The molecular weight excluding hydrogens is 807 g/mol. The summed E-state index contributed by atoms with van der Waals surface area (Å²) in [4.78, 5) is 0. The van der Waals surface area contributed by atoms with Crippen molar-refractivity contribution >= 4 is 64.9 Å². The molecule has 0 saturated carbocycles. The van der Waals surface area contributed by atoms with Crippen LogP contribution < -0.4 is 0 Å². The van der Waals surface area contributed by atoms with Crippen LogP contribution in [0.1, 0.15) is 23.6 Å². The first-order valence-corrected chi connectivity index (χ1v) is 23.4. The maximum Gasteiger partial charge on any atom is 0.0547 e. The Bertz CT molecular complexity index is 4140. The van der Waals surface area contributed by atoms with Crippen molar-refractivity contribution in [2.45, 2.75) is 12.3 Å². The van der Waals surface area contributed by atoms with E-state index >= 15 is 0 Å². The highest BCUT2D eigenvalue weighted by atomic mass is 15.0. The van der Waals surface area contributed by atoms with Gasteiger partial charge in [0.25, 0.3) is 0 Å². The predicted molar refractivity (Wildman–Crippen MR) is 285 cm³/mol. The van der Waals surface area contributed by atoms with Crippen molar-refractivity contribution in [2.75, 3.05) is 0 Å². The third kappa shape index (κ3) is 5.62. The molecule has 312 valence electrons. The van der Waals surface area contributed by atoms with E-state index < -0.39 is 0 Å². The summed E-state index contributed by atoms with van der Waals surface area (Å²) in [5.41, 5.74) is 17.2. The summed E-state index contributed by atoms with van der Waals surface area (Å²) in [6.45, 7) is 2.43. The fraction of sp³-hybridized carbons (Fsp3) is 0.0303. The molecule has 13 aromatic rings. The number of benzene rings is 12. The van der Waals surface area contributed by atoms with Crippen molar-refractivity contribution in [3.8, 4) is 50.2 Å². The van der Waals surface area contributed by atoms with E-state index in [1.165, 1.54) is 126 Å². The minimum Gasteiger partial charge on any atom is -0.309 e. The largest absolute Gasteiger partial charge is 0.309 e. The van der Waals surface area contributed by atoms with E-state index in [0.717, 1.165) is 5.69 Å². The molecular formula is C66H43N. The molecule has 14 rings (SSSR count). The van der Waals surface area contributed by atoms with Crippen LogP contribution >= 0.6 is 0 Å². The molecule has 1 heterocycles. The Morgan fingerprint density at radius 3 is 1.49 bits per heavy atom. The second kappa shape index (κ2) is 14.5. The van der Waals surface area contributed by atoms with Crippen LogP contribution in [-0.2, 0) is 5.41 Å². The average molecular weight is 850 g/mol. The van der Waals surface area contributed by atoms with E-state index in [4.69, 9.17) is 0 Å². The lowest BCUT2D eigenvalue weighted by molar-refractivity contribution is 0.715. The van der Waals surface area contributed by atoms with Crippen molar-refractivity contribution in [1.29, 1.82) is 0 Å². The predicted octanol–water partition coefficient (Wildman–Crippen LogP) is 17.7. The number of rotatable bonds is 5. The van der Waals surface area contributed by atoms with Crippen LogP contribution in [-0.4, -0.2) is 4.57 Å².